The van der Waals surface area contributed by atoms with E-state index in [1.807, 2.05) is 19.9 Å². The summed E-state index contributed by atoms with van der Waals surface area (Å²) in [7, 11) is 0. The number of ether oxygens (including phenoxy) is 2. The molecule has 1 aromatic rings. The van der Waals surface area contributed by atoms with Crippen molar-refractivity contribution in [3.63, 3.8) is 0 Å². The van der Waals surface area contributed by atoms with Gasteiger partial charge in [0.1, 0.15) is 5.82 Å². The Balaban J connectivity index is 2.64. The molecule has 1 N–H and O–H groups in total. The maximum absolute atomic E-state index is 15.3. The van der Waals surface area contributed by atoms with Gasteiger partial charge in [0.05, 0.1) is 19.8 Å². The summed E-state index contributed by atoms with van der Waals surface area (Å²) in [4.78, 5) is 0. The molecule has 23 heavy (non-hydrogen) atoms. The molecule has 0 spiro atoms. The highest BCUT2D eigenvalue weighted by Crippen LogP contribution is 2.39. The quantitative estimate of drug-likeness (QED) is 0.851. The van der Waals surface area contributed by atoms with Gasteiger partial charge in [0.15, 0.2) is 6.29 Å². The molecule has 1 radical (unpaired) electrons. The number of halogens is 1. The zero-order valence-corrected chi connectivity index (χ0v) is 14.6. The fourth-order valence-electron chi connectivity index (χ4n) is 3.30. The van der Waals surface area contributed by atoms with Crippen LogP contribution in [-0.4, -0.2) is 24.6 Å². The van der Waals surface area contributed by atoms with E-state index < -0.39 is 6.29 Å². The van der Waals surface area contributed by atoms with E-state index in [4.69, 9.17) is 9.47 Å². The summed E-state index contributed by atoms with van der Waals surface area (Å²) in [5.74, 6) is -0.271. The number of hydrogen-bond donors (Lipinski definition) is 1. The van der Waals surface area contributed by atoms with Gasteiger partial charge in [-0.1, -0.05) is 40.7 Å². The third kappa shape index (κ3) is 3.59. The molecule has 0 amide bonds. The van der Waals surface area contributed by atoms with Crippen molar-refractivity contribution in [3.8, 4) is 0 Å². The van der Waals surface area contributed by atoms with Crippen LogP contribution in [0.4, 0.5) is 4.39 Å². The van der Waals surface area contributed by atoms with Gasteiger partial charge >= 0.3 is 0 Å². The predicted molar refractivity (Wildman–Crippen MR) is 88.9 cm³/mol. The molecule has 0 bridgehead atoms. The highest BCUT2D eigenvalue weighted by molar-refractivity contribution is 5.45. The summed E-state index contributed by atoms with van der Waals surface area (Å²) in [6.07, 6.45) is 0.0173. The van der Waals surface area contributed by atoms with Crippen LogP contribution in [-0.2, 0) is 16.1 Å². The monoisotopic (exact) mass is 323 g/mol. The second kappa shape index (κ2) is 7.73. The SMILES string of the molecule is [CH2]CC(c1c(C(C)C)cc(C(C)C)c(CO)c1F)C1OCCO1. The summed E-state index contributed by atoms with van der Waals surface area (Å²) >= 11 is 0. The van der Waals surface area contributed by atoms with Crippen LogP contribution >= 0.6 is 0 Å². The molecular weight excluding hydrogens is 295 g/mol. The number of rotatable bonds is 6. The molecule has 129 valence electrons. The zero-order chi connectivity index (χ0) is 17.1. The first-order valence-electron chi connectivity index (χ1n) is 8.40. The first-order valence-corrected chi connectivity index (χ1v) is 8.40. The topological polar surface area (TPSA) is 38.7 Å². The normalized spacial score (nSPS) is 17.4. The van der Waals surface area contributed by atoms with Crippen LogP contribution < -0.4 is 0 Å². The molecule has 2 rings (SSSR count). The summed E-state index contributed by atoms with van der Waals surface area (Å²) in [6, 6.07) is 2.04. The van der Waals surface area contributed by atoms with Crippen LogP contribution in [0.5, 0.6) is 0 Å². The van der Waals surface area contributed by atoms with Crippen LogP contribution in [0, 0.1) is 12.7 Å². The average molecular weight is 323 g/mol. The molecule has 4 heteroatoms. The van der Waals surface area contributed by atoms with Gasteiger partial charge in [-0.25, -0.2) is 4.39 Å². The van der Waals surface area contributed by atoms with E-state index in [0.29, 0.717) is 30.8 Å². The zero-order valence-electron chi connectivity index (χ0n) is 14.6. The lowest BCUT2D eigenvalue weighted by Gasteiger charge is -2.28. The lowest BCUT2D eigenvalue weighted by Crippen LogP contribution is -2.23. The number of aliphatic hydroxyl groups is 1. The van der Waals surface area contributed by atoms with E-state index >= 15 is 4.39 Å². The van der Waals surface area contributed by atoms with E-state index in [-0.39, 0.29) is 30.2 Å². The Bertz CT molecular complexity index is 534. The number of benzene rings is 1. The Morgan fingerprint density at radius 1 is 1.17 bits per heavy atom. The second-order valence-corrected chi connectivity index (χ2v) is 6.73. The Kier molecular flexibility index (Phi) is 6.18. The van der Waals surface area contributed by atoms with Gasteiger partial charge in [-0.05, 0) is 34.9 Å². The lowest BCUT2D eigenvalue weighted by molar-refractivity contribution is -0.0614. The van der Waals surface area contributed by atoms with Crippen molar-refractivity contribution in [1.82, 2.24) is 0 Å². The van der Waals surface area contributed by atoms with E-state index in [0.717, 1.165) is 11.1 Å². The number of hydrogen-bond acceptors (Lipinski definition) is 3. The van der Waals surface area contributed by atoms with Gasteiger partial charge < -0.3 is 14.6 Å². The fraction of sp³-hybridized carbons (Fsp3) is 0.632. The highest BCUT2D eigenvalue weighted by Gasteiger charge is 2.33. The van der Waals surface area contributed by atoms with Crippen LogP contribution in [0.2, 0.25) is 0 Å². The smallest absolute Gasteiger partial charge is 0.164 e. The van der Waals surface area contributed by atoms with Crippen LogP contribution in [0.1, 0.15) is 74.1 Å². The summed E-state index contributed by atoms with van der Waals surface area (Å²) in [6.45, 7) is 12.9. The van der Waals surface area contributed by atoms with Crippen molar-refractivity contribution < 1.29 is 19.0 Å². The number of aliphatic hydroxyl groups excluding tert-OH is 1. The summed E-state index contributed by atoms with van der Waals surface area (Å²) in [5, 5.41) is 9.70. The Hall–Kier alpha value is -0.970. The molecule has 3 nitrogen and oxygen atoms in total. The van der Waals surface area contributed by atoms with E-state index in [1.165, 1.54) is 0 Å². The minimum atomic E-state index is -0.462. The molecule has 0 saturated carbocycles. The van der Waals surface area contributed by atoms with Crippen LogP contribution in [0.25, 0.3) is 0 Å². The van der Waals surface area contributed by atoms with Gasteiger partial charge in [0, 0.05) is 11.5 Å². The van der Waals surface area contributed by atoms with Gasteiger partial charge in [-0.3, -0.25) is 0 Å². The predicted octanol–water partition coefficient (Wildman–Crippen LogP) is 4.25. The third-order valence-electron chi connectivity index (χ3n) is 4.53. The third-order valence-corrected chi connectivity index (χ3v) is 4.53. The van der Waals surface area contributed by atoms with Crippen molar-refractivity contribution in [3.05, 3.63) is 41.1 Å². The molecule has 0 aromatic heterocycles. The van der Waals surface area contributed by atoms with Gasteiger partial charge in [0.2, 0.25) is 0 Å². The van der Waals surface area contributed by atoms with E-state index in [1.54, 1.807) is 0 Å². The first-order chi connectivity index (χ1) is 10.9. The standard InChI is InChI=1S/C19H28FO3/c1-6-13(19-22-7-8-23-19)17-15(12(4)5)9-14(11(2)3)16(10-21)18(17)20/h9,11-13,19,21H,1,6-8,10H2,2-5H3. The molecule has 1 atom stereocenters. The Morgan fingerprint density at radius 3 is 2.17 bits per heavy atom. The molecule has 0 aliphatic carbocycles. The van der Waals surface area contributed by atoms with Gasteiger partial charge in [-0.2, -0.15) is 0 Å². The molecule has 1 aliphatic rings. The van der Waals surface area contributed by atoms with E-state index in [2.05, 4.69) is 20.8 Å². The van der Waals surface area contributed by atoms with Crippen LogP contribution in [0.15, 0.2) is 6.07 Å². The maximum Gasteiger partial charge on any atom is 0.164 e. The van der Waals surface area contributed by atoms with Crippen LogP contribution in [0.3, 0.4) is 0 Å². The van der Waals surface area contributed by atoms with Crippen molar-refractivity contribution in [2.75, 3.05) is 13.2 Å². The minimum absolute atomic E-state index is 0.149. The van der Waals surface area contributed by atoms with Crippen molar-refractivity contribution in [1.29, 1.82) is 0 Å². The second-order valence-electron chi connectivity index (χ2n) is 6.73. The molecule has 1 fully saturated rings. The molecular formula is C19H28FO3. The van der Waals surface area contributed by atoms with Gasteiger partial charge in [-0.15, -0.1) is 0 Å². The highest BCUT2D eigenvalue weighted by atomic mass is 19.1. The fourth-order valence-corrected chi connectivity index (χ4v) is 3.30. The summed E-state index contributed by atoms with van der Waals surface area (Å²) in [5.41, 5.74) is 2.80. The lowest BCUT2D eigenvalue weighted by atomic mass is 9.81. The first kappa shape index (κ1) is 18.4. The molecule has 1 unspecified atom stereocenters. The molecule has 1 heterocycles. The minimum Gasteiger partial charge on any atom is -0.392 e. The molecule has 1 saturated heterocycles. The Labute approximate surface area is 138 Å². The largest absolute Gasteiger partial charge is 0.392 e. The van der Waals surface area contributed by atoms with Gasteiger partial charge in [0.25, 0.3) is 0 Å². The average Bonchev–Trinajstić information content (AvgIpc) is 3.02. The molecule has 1 aliphatic heterocycles. The van der Waals surface area contributed by atoms with Crippen molar-refractivity contribution >= 4 is 0 Å². The van der Waals surface area contributed by atoms with E-state index in [9.17, 15) is 5.11 Å². The summed E-state index contributed by atoms with van der Waals surface area (Å²) < 4.78 is 26.5. The van der Waals surface area contributed by atoms with Crippen molar-refractivity contribution in [2.24, 2.45) is 0 Å². The Morgan fingerprint density at radius 2 is 1.74 bits per heavy atom. The molecule has 1 aromatic carbocycles. The van der Waals surface area contributed by atoms with Crippen molar-refractivity contribution in [2.45, 2.75) is 64.8 Å². The maximum atomic E-state index is 15.3.